The zero-order valence-corrected chi connectivity index (χ0v) is 12.3. The summed E-state index contributed by atoms with van der Waals surface area (Å²) in [4.78, 5) is 3.96. The van der Waals surface area contributed by atoms with E-state index in [1.165, 1.54) is 23.1 Å². The third-order valence-electron chi connectivity index (χ3n) is 3.69. The first-order chi connectivity index (χ1) is 10.2. The number of nitrogens with one attached hydrogen (secondary N) is 1. The average molecular weight is 278 g/mol. The number of aryl methyl sites for hydroxylation is 2. The lowest BCUT2D eigenvalue weighted by Crippen LogP contribution is -2.03. The molecule has 0 aliphatic rings. The van der Waals surface area contributed by atoms with Crippen LogP contribution < -0.4 is 5.32 Å². The lowest BCUT2D eigenvalue weighted by atomic mass is 10.0. The highest BCUT2D eigenvalue weighted by Crippen LogP contribution is 2.23. The zero-order valence-electron chi connectivity index (χ0n) is 12.3. The molecule has 0 atom stereocenters. The molecule has 1 aromatic heterocycles. The van der Waals surface area contributed by atoms with Crippen LogP contribution in [0.1, 0.15) is 16.7 Å². The molecule has 0 radical (unpaired) electrons. The predicted octanol–water partition coefficient (Wildman–Crippen LogP) is 4.57. The van der Waals surface area contributed by atoms with E-state index >= 15 is 0 Å². The van der Waals surface area contributed by atoms with E-state index in [0.29, 0.717) is 0 Å². The topological polar surface area (TPSA) is 38.1 Å². The Kier molecular flexibility index (Phi) is 3.73. The molecule has 0 bridgehead atoms. The Hall–Kier alpha value is -2.55. The summed E-state index contributed by atoms with van der Waals surface area (Å²) >= 11 is 0. The molecule has 3 heteroatoms. The summed E-state index contributed by atoms with van der Waals surface area (Å²) < 4.78 is 5.34. The highest BCUT2D eigenvalue weighted by Gasteiger charge is 2.04. The Morgan fingerprint density at radius 2 is 1.81 bits per heavy atom. The lowest BCUT2D eigenvalue weighted by molar-refractivity contribution is 0.572. The summed E-state index contributed by atoms with van der Waals surface area (Å²) in [6.07, 6.45) is 3.18. The molecule has 0 unspecified atom stereocenters. The molecule has 0 aliphatic carbocycles. The van der Waals surface area contributed by atoms with Crippen molar-refractivity contribution in [3.63, 3.8) is 0 Å². The van der Waals surface area contributed by atoms with Gasteiger partial charge in [-0.1, -0.05) is 30.3 Å². The SMILES string of the molecule is Cc1cccc(C)c1CNc1cccc(-c2cnco2)c1. The van der Waals surface area contributed by atoms with E-state index in [1.54, 1.807) is 6.20 Å². The fourth-order valence-electron chi connectivity index (χ4n) is 2.46. The van der Waals surface area contributed by atoms with Gasteiger partial charge in [0.15, 0.2) is 12.2 Å². The van der Waals surface area contributed by atoms with Gasteiger partial charge in [-0.25, -0.2) is 4.98 Å². The molecule has 1 N–H and O–H groups in total. The van der Waals surface area contributed by atoms with Gasteiger partial charge in [0, 0.05) is 17.8 Å². The van der Waals surface area contributed by atoms with Crippen LogP contribution in [0, 0.1) is 13.8 Å². The first kappa shape index (κ1) is 13.4. The lowest BCUT2D eigenvalue weighted by Gasteiger charge is -2.12. The third-order valence-corrected chi connectivity index (χ3v) is 3.69. The van der Waals surface area contributed by atoms with Gasteiger partial charge in [-0.2, -0.15) is 0 Å². The van der Waals surface area contributed by atoms with Gasteiger partial charge in [0.1, 0.15) is 0 Å². The molecule has 0 spiro atoms. The maximum atomic E-state index is 5.34. The van der Waals surface area contributed by atoms with Crippen LogP contribution in [0.4, 0.5) is 5.69 Å². The molecule has 3 aromatic rings. The van der Waals surface area contributed by atoms with Crippen LogP contribution in [0.25, 0.3) is 11.3 Å². The summed E-state index contributed by atoms with van der Waals surface area (Å²) in [6.45, 7) is 5.11. The Morgan fingerprint density at radius 3 is 2.52 bits per heavy atom. The minimum absolute atomic E-state index is 0.783. The molecule has 3 nitrogen and oxygen atoms in total. The van der Waals surface area contributed by atoms with Crippen molar-refractivity contribution in [3.8, 4) is 11.3 Å². The van der Waals surface area contributed by atoms with Gasteiger partial charge in [-0.3, -0.25) is 0 Å². The first-order valence-electron chi connectivity index (χ1n) is 7.02. The fraction of sp³-hybridized carbons (Fsp3) is 0.167. The summed E-state index contributed by atoms with van der Waals surface area (Å²) in [5.41, 5.74) is 6.08. The summed E-state index contributed by atoms with van der Waals surface area (Å²) in [7, 11) is 0. The molecule has 0 amide bonds. The van der Waals surface area contributed by atoms with Crippen molar-refractivity contribution in [2.45, 2.75) is 20.4 Å². The van der Waals surface area contributed by atoms with E-state index < -0.39 is 0 Å². The predicted molar refractivity (Wildman–Crippen MR) is 85.2 cm³/mol. The minimum atomic E-state index is 0.783. The summed E-state index contributed by atoms with van der Waals surface area (Å²) in [5.74, 6) is 0.783. The molecular formula is C18H18N2O. The quantitative estimate of drug-likeness (QED) is 0.759. The van der Waals surface area contributed by atoms with Crippen LogP contribution in [0.3, 0.4) is 0 Å². The number of aromatic nitrogens is 1. The molecule has 21 heavy (non-hydrogen) atoms. The second kappa shape index (κ2) is 5.83. The Morgan fingerprint density at radius 1 is 1.05 bits per heavy atom. The minimum Gasteiger partial charge on any atom is -0.444 e. The molecule has 0 saturated heterocycles. The third kappa shape index (κ3) is 2.97. The number of hydrogen-bond acceptors (Lipinski definition) is 3. The van der Waals surface area contributed by atoms with Gasteiger partial charge < -0.3 is 9.73 Å². The molecule has 0 saturated carbocycles. The van der Waals surface area contributed by atoms with Gasteiger partial charge in [0.25, 0.3) is 0 Å². The maximum Gasteiger partial charge on any atom is 0.181 e. The van der Waals surface area contributed by atoms with Crippen LogP contribution in [-0.4, -0.2) is 4.98 Å². The van der Waals surface area contributed by atoms with Crippen LogP contribution in [0.15, 0.2) is 59.5 Å². The second-order valence-electron chi connectivity index (χ2n) is 5.17. The second-order valence-corrected chi connectivity index (χ2v) is 5.17. The van der Waals surface area contributed by atoms with E-state index in [1.807, 2.05) is 12.1 Å². The number of oxazole rings is 1. The molecule has 2 aromatic carbocycles. The van der Waals surface area contributed by atoms with Gasteiger partial charge in [0.05, 0.1) is 6.20 Å². The van der Waals surface area contributed by atoms with Crippen LogP contribution in [0.5, 0.6) is 0 Å². The molecule has 106 valence electrons. The Labute approximate surface area is 124 Å². The van der Waals surface area contributed by atoms with E-state index in [0.717, 1.165) is 23.6 Å². The monoisotopic (exact) mass is 278 g/mol. The Balaban J connectivity index is 1.78. The van der Waals surface area contributed by atoms with Crippen molar-refractivity contribution in [2.24, 2.45) is 0 Å². The van der Waals surface area contributed by atoms with Gasteiger partial charge >= 0.3 is 0 Å². The highest BCUT2D eigenvalue weighted by atomic mass is 16.3. The maximum absolute atomic E-state index is 5.34. The molecule has 1 heterocycles. The summed E-state index contributed by atoms with van der Waals surface area (Å²) in [6, 6.07) is 14.6. The highest BCUT2D eigenvalue weighted by molar-refractivity contribution is 5.63. The average Bonchev–Trinajstić information content (AvgIpc) is 3.01. The molecule has 0 fully saturated rings. The van der Waals surface area contributed by atoms with Crippen molar-refractivity contribution in [1.29, 1.82) is 0 Å². The van der Waals surface area contributed by atoms with E-state index in [-0.39, 0.29) is 0 Å². The fourth-order valence-corrected chi connectivity index (χ4v) is 2.46. The van der Waals surface area contributed by atoms with Gasteiger partial charge in [-0.15, -0.1) is 0 Å². The van der Waals surface area contributed by atoms with Crippen LogP contribution >= 0.6 is 0 Å². The van der Waals surface area contributed by atoms with E-state index in [2.05, 4.69) is 54.5 Å². The van der Waals surface area contributed by atoms with Crippen molar-refractivity contribution in [2.75, 3.05) is 5.32 Å². The van der Waals surface area contributed by atoms with Gasteiger partial charge in [-0.05, 0) is 42.7 Å². The van der Waals surface area contributed by atoms with Crippen LogP contribution in [0.2, 0.25) is 0 Å². The van der Waals surface area contributed by atoms with Gasteiger partial charge in [0.2, 0.25) is 0 Å². The van der Waals surface area contributed by atoms with E-state index in [4.69, 9.17) is 4.42 Å². The molecule has 0 aliphatic heterocycles. The molecule has 3 rings (SSSR count). The number of hydrogen-bond donors (Lipinski definition) is 1. The smallest absolute Gasteiger partial charge is 0.181 e. The van der Waals surface area contributed by atoms with E-state index in [9.17, 15) is 0 Å². The number of nitrogens with zero attached hydrogens (tertiary/aromatic N) is 1. The largest absolute Gasteiger partial charge is 0.444 e. The van der Waals surface area contributed by atoms with Crippen molar-refractivity contribution in [3.05, 3.63) is 71.7 Å². The number of anilines is 1. The summed E-state index contributed by atoms with van der Waals surface area (Å²) in [5, 5.41) is 3.48. The number of rotatable bonds is 4. The van der Waals surface area contributed by atoms with Crippen molar-refractivity contribution < 1.29 is 4.42 Å². The first-order valence-corrected chi connectivity index (χ1v) is 7.02. The Bertz CT molecular complexity index is 712. The number of benzene rings is 2. The van der Waals surface area contributed by atoms with Crippen LogP contribution in [-0.2, 0) is 6.54 Å². The standard InChI is InChI=1S/C18H18N2O/c1-13-5-3-6-14(2)17(13)10-20-16-8-4-7-15(9-16)18-11-19-12-21-18/h3-9,11-12,20H,10H2,1-2H3. The van der Waals surface area contributed by atoms with Crippen molar-refractivity contribution >= 4 is 5.69 Å². The molecular weight excluding hydrogens is 260 g/mol. The van der Waals surface area contributed by atoms with Crippen molar-refractivity contribution in [1.82, 2.24) is 4.98 Å². The normalized spacial score (nSPS) is 10.6. The zero-order chi connectivity index (χ0) is 14.7.